The fourth-order valence-electron chi connectivity index (χ4n) is 1.58. The molecule has 0 radical (unpaired) electrons. The van der Waals surface area contributed by atoms with Crippen LogP contribution in [0.5, 0.6) is 0 Å². The molecule has 0 aromatic rings. The van der Waals surface area contributed by atoms with Crippen molar-refractivity contribution in [3.63, 3.8) is 0 Å². The molecule has 1 fully saturated rings. The molecule has 0 bridgehead atoms. The van der Waals surface area contributed by atoms with Gasteiger partial charge in [-0.2, -0.15) is 0 Å². The third-order valence-electron chi connectivity index (χ3n) is 2.74. The molecule has 1 atom stereocenters. The zero-order valence-electron chi connectivity index (χ0n) is 10.3. The van der Waals surface area contributed by atoms with E-state index in [2.05, 4.69) is 5.32 Å². The lowest BCUT2D eigenvalue weighted by Gasteiger charge is -2.14. The van der Waals surface area contributed by atoms with Crippen LogP contribution in [-0.2, 0) is 19.6 Å². The SMILES string of the molecule is CN(CCCNC(=O)C1CCCO1)S(C)(=O)=O. The van der Waals surface area contributed by atoms with Crippen molar-refractivity contribution in [3.8, 4) is 0 Å². The Labute approximate surface area is 102 Å². The summed E-state index contributed by atoms with van der Waals surface area (Å²) in [5, 5.41) is 2.75. The molecule has 1 amide bonds. The van der Waals surface area contributed by atoms with Crippen molar-refractivity contribution < 1.29 is 17.9 Å². The van der Waals surface area contributed by atoms with Gasteiger partial charge in [0.1, 0.15) is 6.10 Å². The van der Waals surface area contributed by atoms with Crippen molar-refractivity contribution in [2.24, 2.45) is 0 Å². The molecule has 0 spiro atoms. The van der Waals surface area contributed by atoms with Crippen LogP contribution in [0.15, 0.2) is 0 Å². The molecule has 7 heteroatoms. The second kappa shape index (κ2) is 6.32. The predicted molar refractivity (Wildman–Crippen MR) is 64.1 cm³/mol. The molecule has 1 rings (SSSR count). The van der Waals surface area contributed by atoms with Gasteiger partial charge in [-0.05, 0) is 19.3 Å². The van der Waals surface area contributed by atoms with Crippen LogP contribution in [0.3, 0.4) is 0 Å². The summed E-state index contributed by atoms with van der Waals surface area (Å²) in [4.78, 5) is 11.5. The van der Waals surface area contributed by atoms with Crippen molar-refractivity contribution in [1.29, 1.82) is 0 Å². The van der Waals surface area contributed by atoms with E-state index < -0.39 is 10.0 Å². The fraction of sp³-hybridized carbons (Fsp3) is 0.900. The maximum absolute atomic E-state index is 11.5. The molecular weight excluding hydrogens is 244 g/mol. The Hall–Kier alpha value is -0.660. The summed E-state index contributed by atoms with van der Waals surface area (Å²) < 4.78 is 28.7. The first-order valence-corrected chi connectivity index (χ1v) is 7.56. The van der Waals surface area contributed by atoms with Gasteiger partial charge in [0.2, 0.25) is 15.9 Å². The van der Waals surface area contributed by atoms with Gasteiger partial charge in [0.25, 0.3) is 0 Å². The Morgan fingerprint density at radius 3 is 2.76 bits per heavy atom. The number of nitrogens with zero attached hydrogens (tertiary/aromatic N) is 1. The number of ether oxygens (including phenoxy) is 1. The largest absolute Gasteiger partial charge is 0.368 e. The van der Waals surface area contributed by atoms with Gasteiger partial charge in [-0.15, -0.1) is 0 Å². The van der Waals surface area contributed by atoms with Crippen LogP contribution in [0.2, 0.25) is 0 Å². The summed E-state index contributed by atoms with van der Waals surface area (Å²) in [6, 6.07) is 0. The van der Waals surface area contributed by atoms with E-state index >= 15 is 0 Å². The van der Waals surface area contributed by atoms with E-state index in [1.54, 1.807) is 0 Å². The first kappa shape index (κ1) is 14.4. The quantitative estimate of drug-likeness (QED) is 0.660. The van der Waals surface area contributed by atoms with Gasteiger partial charge in [0, 0.05) is 26.7 Å². The first-order chi connectivity index (χ1) is 7.91. The lowest BCUT2D eigenvalue weighted by atomic mass is 10.2. The number of rotatable bonds is 6. The molecule has 1 aliphatic heterocycles. The van der Waals surface area contributed by atoms with E-state index in [9.17, 15) is 13.2 Å². The summed E-state index contributed by atoms with van der Waals surface area (Å²) >= 11 is 0. The van der Waals surface area contributed by atoms with E-state index in [1.165, 1.54) is 11.4 Å². The second-order valence-corrected chi connectivity index (χ2v) is 6.32. The maximum Gasteiger partial charge on any atom is 0.249 e. The minimum atomic E-state index is -3.12. The topological polar surface area (TPSA) is 75.7 Å². The average molecular weight is 264 g/mol. The number of hydrogen-bond acceptors (Lipinski definition) is 4. The highest BCUT2D eigenvalue weighted by molar-refractivity contribution is 7.88. The Morgan fingerprint density at radius 1 is 1.53 bits per heavy atom. The van der Waals surface area contributed by atoms with Crippen molar-refractivity contribution in [2.45, 2.75) is 25.4 Å². The first-order valence-electron chi connectivity index (χ1n) is 5.72. The molecule has 0 aromatic carbocycles. The van der Waals surface area contributed by atoms with E-state index in [0.717, 1.165) is 19.1 Å². The Balaban J connectivity index is 2.13. The molecular formula is C10H20N2O4S. The summed E-state index contributed by atoms with van der Waals surface area (Å²) in [6.45, 7) is 1.53. The fourth-order valence-corrected chi connectivity index (χ4v) is 2.04. The smallest absolute Gasteiger partial charge is 0.249 e. The van der Waals surface area contributed by atoms with Crippen LogP contribution in [0.25, 0.3) is 0 Å². The van der Waals surface area contributed by atoms with Crippen LogP contribution in [0.1, 0.15) is 19.3 Å². The number of carbonyl (C=O) groups is 1. The predicted octanol–water partition coefficient (Wildman–Crippen LogP) is -0.437. The van der Waals surface area contributed by atoms with E-state index in [1.807, 2.05) is 0 Å². The molecule has 17 heavy (non-hydrogen) atoms. The summed E-state index contributed by atoms with van der Waals surface area (Å²) in [6.07, 6.45) is 3.15. The van der Waals surface area contributed by atoms with Gasteiger partial charge in [0.15, 0.2) is 0 Å². The summed E-state index contributed by atoms with van der Waals surface area (Å²) in [5.74, 6) is -0.0930. The average Bonchev–Trinajstić information content (AvgIpc) is 2.75. The molecule has 100 valence electrons. The van der Waals surface area contributed by atoms with E-state index in [4.69, 9.17) is 4.74 Å². The number of hydrogen-bond donors (Lipinski definition) is 1. The van der Waals surface area contributed by atoms with Gasteiger partial charge in [-0.1, -0.05) is 0 Å². The molecule has 6 nitrogen and oxygen atoms in total. The molecule has 0 saturated carbocycles. The van der Waals surface area contributed by atoms with E-state index in [-0.39, 0.29) is 12.0 Å². The van der Waals surface area contributed by atoms with Crippen LogP contribution in [0, 0.1) is 0 Å². The zero-order valence-corrected chi connectivity index (χ0v) is 11.1. The molecule has 0 aromatic heterocycles. The molecule has 1 saturated heterocycles. The van der Waals surface area contributed by atoms with Gasteiger partial charge in [-0.25, -0.2) is 12.7 Å². The number of amides is 1. The van der Waals surface area contributed by atoms with Crippen molar-refractivity contribution >= 4 is 15.9 Å². The highest BCUT2D eigenvalue weighted by atomic mass is 32.2. The minimum Gasteiger partial charge on any atom is -0.368 e. The monoisotopic (exact) mass is 264 g/mol. The lowest BCUT2D eigenvalue weighted by Crippen LogP contribution is -2.36. The number of sulfonamides is 1. The maximum atomic E-state index is 11.5. The van der Waals surface area contributed by atoms with Crippen LogP contribution in [0.4, 0.5) is 0 Å². The number of nitrogens with one attached hydrogen (secondary N) is 1. The van der Waals surface area contributed by atoms with Gasteiger partial charge in [-0.3, -0.25) is 4.79 Å². The van der Waals surface area contributed by atoms with Gasteiger partial charge >= 0.3 is 0 Å². The third kappa shape index (κ3) is 5.01. The van der Waals surface area contributed by atoms with Crippen molar-refractivity contribution in [3.05, 3.63) is 0 Å². The molecule has 1 N–H and O–H groups in total. The summed E-state index contributed by atoms with van der Waals surface area (Å²) in [5.41, 5.74) is 0. The summed E-state index contributed by atoms with van der Waals surface area (Å²) in [7, 11) is -1.60. The molecule has 1 unspecified atom stereocenters. The van der Waals surface area contributed by atoms with Crippen LogP contribution < -0.4 is 5.32 Å². The van der Waals surface area contributed by atoms with Gasteiger partial charge in [0.05, 0.1) is 6.26 Å². The minimum absolute atomic E-state index is 0.0930. The zero-order chi connectivity index (χ0) is 12.9. The standard InChI is InChI=1S/C10H20N2O4S/c1-12(17(2,14)15)7-4-6-11-10(13)9-5-3-8-16-9/h9H,3-8H2,1-2H3,(H,11,13). The van der Waals surface area contributed by atoms with Crippen molar-refractivity contribution in [2.75, 3.05) is 33.0 Å². The Kier molecular flexibility index (Phi) is 5.35. The lowest BCUT2D eigenvalue weighted by molar-refractivity contribution is -0.130. The van der Waals surface area contributed by atoms with Crippen LogP contribution >= 0.6 is 0 Å². The normalized spacial score (nSPS) is 20.8. The van der Waals surface area contributed by atoms with Crippen LogP contribution in [-0.4, -0.2) is 57.7 Å². The highest BCUT2D eigenvalue weighted by Gasteiger charge is 2.22. The molecule has 1 aliphatic rings. The third-order valence-corrected chi connectivity index (χ3v) is 4.05. The Morgan fingerprint density at radius 2 is 2.24 bits per heavy atom. The van der Waals surface area contributed by atoms with E-state index in [0.29, 0.717) is 26.1 Å². The molecule has 1 heterocycles. The number of carbonyl (C=O) groups excluding carboxylic acids is 1. The Bertz CT molecular complexity index is 349. The second-order valence-electron chi connectivity index (χ2n) is 4.23. The molecule has 0 aliphatic carbocycles. The van der Waals surface area contributed by atoms with Crippen molar-refractivity contribution in [1.82, 2.24) is 9.62 Å². The highest BCUT2D eigenvalue weighted by Crippen LogP contribution is 2.11. The van der Waals surface area contributed by atoms with Gasteiger partial charge < -0.3 is 10.1 Å².